The zero-order valence-corrected chi connectivity index (χ0v) is 15.0. The number of carbonyl (C=O) groups excluding carboxylic acids is 3. The maximum atomic E-state index is 14.6. The minimum Gasteiger partial charge on any atom is -0.478 e. The number of amides is 3. The normalized spacial score (nSPS) is 17.6. The van der Waals surface area contributed by atoms with Gasteiger partial charge in [-0.2, -0.15) is 0 Å². The van der Waals surface area contributed by atoms with Gasteiger partial charge in [-0.15, -0.1) is 0 Å². The van der Waals surface area contributed by atoms with Gasteiger partial charge in [0.25, 0.3) is 17.1 Å². The number of fused-ring (bicyclic) bond motifs is 1. The highest BCUT2D eigenvalue weighted by atomic mass is 32.2. The van der Waals surface area contributed by atoms with E-state index in [1.165, 1.54) is 41.3 Å². The van der Waals surface area contributed by atoms with Gasteiger partial charge in [0.1, 0.15) is 5.82 Å². The van der Waals surface area contributed by atoms with Crippen molar-refractivity contribution in [1.29, 1.82) is 0 Å². The van der Waals surface area contributed by atoms with Crippen LogP contribution in [0.1, 0.15) is 11.1 Å². The molecule has 1 saturated heterocycles. The first-order chi connectivity index (χ1) is 13.4. The number of rotatable bonds is 3. The van der Waals surface area contributed by atoms with E-state index in [0.29, 0.717) is 22.9 Å². The van der Waals surface area contributed by atoms with Crippen molar-refractivity contribution < 1.29 is 27.9 Å². The molecule has 1 N–H and O–H groups in total. The van der Waals surface area contributed by atoms with Crippen molar-refractivity contribution in [3.05, 3.63) is 64.1 Å². The summed E-state index contributed by atoms with van der Waals surface area (Å²) in [6.07, 6.45) is 1.36. The molecule has 0 atom stereocenters. The van der Waals surface area contributed by atoms with E-state index in [1.54, 1.807) is 0 Å². The van der Waals surface area contributed by atoms with Gasteiger partial charge in [0.15, 0.2) is 18.2 Å². The van der Waals surface area contributed by atoms with E-state index >= 15 is 0 Å². The van der Waals surface area contributed by atoms with Crippen molar-refractivity contribution >= 4 is 40.6 Å². The fourth-order valence-corrected chi connectivity index (χ4v) is 3.57. The number of ether oxygens (including phenoxy) is 1. The minimum absolute atomic E-state index is 0.0801. The molecule has 28 heavy (non-hydrogen) atoms. The molecule has 4 rings (SSSR count). The molecular weight excluding hydrogens is 390 g/mol. The lowest BCUT2D eigenvalue weighted by Gasteiger charge is -2.30. The summed E-state index contributed by atoms with van der Waals surface area (Å²) >= 11 is 0.709. The molecule has 6 nitrogen and oxygen atoms in total. The van der Waals surface area contributed by atoms with Gasteiger partial charge in [0, 0.05) is 0 Å². The Labute approximate surface area is 162 Å². The highest BCUT2D eigenvalue weighted by molar-refractivity contribution is 8.18. The molecule has 3 amide bonds. The van der Waals surface area contributed by atoms with E-state index in [4.69, 9.17) is 4.74 Å². The molecule has 0 spiro atoms. The first-order valence-electron chi connectivity index (χ1n) is 8.17. The van der Waals surface area contributed by atoms with E-state index in [-0.39, 0.29) is 35.4 Å². The molecule has 2 aromatic carbocycles. The first-order valence-corrected chi connectivity index (χ1v) is 8.98. The van der Waals surface area contributed by atoms with Gasteiger partial charge >= 0.3 is 0 Å². The quantitative estimate of drug-likeness (QED) is 0.798. The topological polar surface area (TPSA) is 75.7 Å². The van der Waals surface area contributed by atoms with Gasteiger partial charge in [-0.1, -0.05) is 12.1 Å². The van der Waals surface area contributed by atoms with Crippen molar-refractivity contribution in [3.8, 4) is 5.75 Å². The average Bonchev–Trinajstić information content (AvgIpc) is 2.96. The predicted molar refractivity (Wildman–Crippen MR) is 98.6 cm³/mol. The van der Waals surface area contributed by atoms with Gasteiger partial charge in [0.2, 0.25) is 0 Å². The van der Waals surface area contributed by atoms with E-state index < -0.39 is 22.8 Å². The Hall–Kier alpha value is -3.20. The number of carbonyl (C=O) groups is 3. The van der Waals surface area contributed by atoms with Gasteiger partial charge < -0.3 is 9.64 Å². The molecule has 142 valence electrons. The van der Waals surface area contributed by atoms with Crippen LogP contribution in [0.3, 0.4) is 0 Å². The van der Waals surface area contributed by atoms with E-state index in [9.17, 15) is 23.2 Å². The maximum Gasteiger partial charge on any atom is 0.290 e. The molecule has 0 saturated carbocycles. The molecule has 2 aromatic rings. The molecule has 1 fully saturated rings. The Morgan fingerprint density at radius 2 is 1.89 bits per heavy atom. The van der Waals surface area contributed by atoms with Crippen LogP contribution in [0.25, 0.3) is 6.08 Å². The molecule has 0 radical (unpaired) electrons. The predicted octanol–water partition coefficient (Wildman–Crippen LogP) is 3.21. The van der Waals surface area contributed by atoms with Crippen molar-refractivity contribution in [2.75, 3.05) is 11.5 Å². The van der Waals surface area contributed by atoms with Crippen LogP contribution >= 0.6 is 11.8 Å². The number of nitrogens with zero attached hydrogens (tertiary/aromatic N) is 1. The zero-order chi connectivity index (χ0) is 19.8. The second-order valence-corrected chi connectivity index (χ2v) is 7.11. The summed E-state index contributed by atoms with van der Waals surface area (Å²) in [5.74, 6) is -2.13. The van der Waals surface area contributed by atoms with Gasteiger partial charge in [-0.05, 0) is 53.2 Å². The molecule has 0 unspecified atom stereocenters. The summed E-state index contributed by atoms with van der Waals surface area (Å²) in [6, 6.07) is 8.28. The monoisotopic (exact) mass is 402 g/mol. The van der Waals surface area contributed by atoms with E-state index in [0.717, 1.165) is 6.07 Å². The fraction of sp³-hybridized carbons (Fsp3) is 0.105. The van der Waals surface area contributed by atoms with Crippen molar-refractivity contribution in [2.24, 2.45) is 0 Å². The molecule has 2 heterocycles. The van der Waals surface area contributed by atoms with Crippen LogP contribution in [0.2, 0.25) is 0 Å². The van der Waals surface area contributed by atoms with Crippen LogP contribution in [0.15, 0.2) is 41.3 Å². The van der Waals surface area contributed by atoms with E-state index in [2.05, 4.69) is 5.32 Å². The largest absolute Gasteiger partial charge is 0.478 e. The van der Waals surface area contributed by atoms with Gasteiger partial charge in [0.05, 0.1) is 17.1 Å². The number of thioether (sulfide) groups is 1. The number of nitrogens with one attached hydrogen (secondary N) is 1. The molecule has 0 bridgehead atoms. The average molecular weight is 402 g/mol. The number of anilines is 1. The van der Waals surface area contributed by atoms with Crippen LogP contribution in [0.5, 0.6) is 5.75 Å². The first kappa shape index (κ1) is 18.2. The maximum absolute atomic E-state index is 14.6. The smallest absolute Gasteiger partial charge is 0.290 e. The standard InChI is InChI=1S/C19H12F2N2O4S/c20-12-3-1-10(2-4-12)8-23-14-6-11(7-15-18(25)22-19(26)28-15)5-13(21)17(14)27-9-16(23)24/h1-7H,8-9H2,(H,22,25,26). The Morgan fingerprint density at radius 1 is 1.14 bits per heavy atom. The van der Waals surface area contributed by atoms with Crippen molar-refractivity contribution in [3.63, 3.8) is 0 Å². The lowest BCUT2D eigenvalue weighted by atomic mass is 10.1. The lowest BCUT2D eigenvalue weighted by molar-refractivity contribution is -0.121. The van der Waals surface area contributed by atoms with Crippen molar-refractivity contribution in [1.82, 2.24) is 5.32 Å². The van der Waals surface area contributed by atoms with Crippen LogP contribution < -0.4 is 15.0 Å². The Bertz CT molecular complexity index is 1040. The summed E-state index contributed by atoms with van der Waals surface area (Å²) in [6.45, 7) is -0.221. The van der Waals surface area contributed by atoms with Crippen molar-refractivity contribution in [2.45, 2.75) is 6.54 Å². The number of hydrogen-bond donors (Lipinski definition) is 1. The number of imide groups is 1. The number of hydrogen-bond acceptors (Lipinski definition) is 5. The third-order valence-corrected chi connectivity index (χ3v) is 4.98. The third kappa shape index (κ3) is 3.48. The SMILES string of the molecule is O=C1NC(=O)C(=Cc2cc(F)c3c(c2)N(Cc2ccc(F)cc2)C(=O)CO3)S1. The highest BCUT2D eigenvalue weighted by Gasteiger charge is 2.30. The van der Waals surface area contributed by atoms with Crippen LogP contribution in [0, 0.1) is 11.6 Å². The third-order valence-electron chi connectivity index (χ3n) is 4.17. The molecule has 9 heteroatoms. The van der Waals surface area contributed by atoms with Crippen LogP contribution in [0.4, 0.5) is 19.3 Å². The summed E-state index contributed by atoms with van der Waals surface area (Å²) in [5, 5.41) is 1.61. The summed E-state index contributed by atoms with van der Waals surface area (Å²) in [7, 11) is 0. The Balaban J connectivity index is 1.72. The second kappa shape index (κ2) is 7.08. The Kier molecular flexibility index (Phi) is 4.60. The fourth-order valence-electron chi connectivity index (χ4n) is 2.89. The van der Waals surface area contributed by atoms with Crippen LogP contribution in [-0.4, -0.2) is 23.7 Å². The summed E-state index contributed by atoms with van der Waals surface area (Å²) < 4.78 is 32.9. The molecule has 2 aliphatic heterocycles. The molecule has 0 aliphatic carbocycles. The van der Waals surface area contributed by atoms with Gasteiger partial charge in [-0.3, -0.25) is 19.7 Å². The number of benzene rings is 2. The molecule has 0 aromatic heterocycles. The summed E-state index contributed by atoms with van der Waals surface area (Å²) in [5.41, 5.74) is 1.15. The summed E-state index contributed by atoms with van der Waals surface area (Å²) in [4.78, 5) is 36.8. The van der Waals surface area contributed by atoms with E-state index in [1.807, 2.05) is 0 Å². The second-order valence-electron chi connectivity index (χ2n) is 6.10. The van der Waals surface area contributed by atoms with Gasteiger partial charge in [-0.25, -0.2) is 8.78 Å². The number of halogens is 2. The Morgan fingerprint density at radius 3 is 2.57 bits per heavy atom. The zero-order valence-electron chi connectivity index (χ0n) is 14.2. The minimum atomic E-state index is -0.698. The van der Waals surface area contributed by atoms with Crippen LogP contribution in [-0.2, 0) is 16.1 Å². The highest BCUT2D eigenvalue weighted by Crippen LogP contribution is 2.38. The molecule has 2 aliphatic rings. The lowest BCUT2D eigenvalue weighted by Crippen LogP contribution is -2.38. The molecular formula is C19H12F2N2O4S.